The molecule has 1 aromatic carbocycles. The maximum atomic E-state index is 11.9. The van der Waals surface area contributed by atoms with Gasteiger partial charge >= 0.3 is 0 Å². The quantitative estimate of drug-likeness (QED) is 0.798. The Morgan fingerprint density at radius 2 is 2.32 bits per heavy atom. The number of rotatable bonds is 4. The predicted octanol–water partition coefficient (Wildman–Crippen LogP) is 4.76. The maximum Gasteiger partial charge on any atom is 0.239 e. The summed E-state index contributed by atoms with van der Waals surface area (Å²) in [4.78, 5) is 16.1. The molecule has 1 unspecified atom stereocenters. The van der Waals surface area contributed by atoms with Gasteiger partial charge in [-0.2, -0.15) is 0 Å². The Balaban J connectivity index is 2.22. The van der Waals surface area contributed by atoms with Crippen LogP contribution >= 0.6 is 38.9 Å². The highest BCUT2D eigenvalue weighted by Crippen LogP contribution is 2.32. The van der Waals surface area contributed by atoms with Crippen LogP contribution in [0.3, 0.4) is 0 Å². The van der Waals surface area contributed by atoms with Crippen molar-refractivity contribution in [1.82, 2.24) is 4.98 Å². The van der Waals surface area contributed by atoms with Gasteiger partial charge in [-0.3, -0.25) is 4.79 Å². The molecule has 0 radical (unpaired) electrons. The summed E-state index contributed by atoms with van der Waals surface area (Å²) in [5, 5.41) is 4.04. The lowest BCUT2D eigenvalue weighted by Crippen LogP contribution is -2.22. The van der Waals surface area contributed by atoms with Crippen LogP contribution in [0.2, 0.25) is 5.02 Å². The minimum atomic E-state index is -0.179. The van der Waals surface area contributed by atoms with E-state index in [9.17, 15) is 4.79 Å². The number of aryl methyl sites for hydroxylation is 1. The van der Waals surface area contributed by atoms with E-state index in [0.29, 0.717) is 10.2 Å². The summed E-state index contributed by atoms with van der Waals surface area (Å²) < 4.78 is 0.988. The Morgan fingerprint density at radius 1 is 1.58 bits per heavy atom. The number of amides is 1. The fourth-order valence-electron chi connectivity index (χ4n) is 1.74. The van der Waals surface area contributed by atoms with Gasteiger partial charge in [-0.1, -0.05) is 52.2 Å². The maximum absolute atomic E-state index is 11.9. The van der Waals surface area contributed by atoms with Gasteiger partial charge in [0.1, 0.15) is 5.52 Å². The van der Waals surface area contributed by atoms with E-state index in [1.807, 2.05) is 26.0 Å². The molecule has 19 heavy (non-hydrogen) atoms. The molecule has 0 spiro atoms. The second kappa shape index (κ2) is 6.20. The SMILES string of the molecule is CCCC(Br)C(=O)Nc1nc2c(Cl)cc(C)cc2s1. The molecule has 0 aliphatic carbocycles. The van der Waals surface area contributed by atoms with Crippen LogP contribution in [0, 0.1) is 6.92 Å². The number of halogens is 2. The van der Waals surface area contributed by atoms with Crippen LogP contribution in [0.1, 0.15) is 25.3 Å². The van der Waals surface area contributed by atoms with Crippen molar-refractivity contribution in [2.45, 2.75) is 31.5 Å². The molecular formula is C13H14BrClN2OS. The summed E-state index contributed by atoms with van der Waals surface area (Å²) in [5.41, 5.74) is 1.83. The van der Waals surface area contributed by atoms with Crippen LogP contribution in [0.5, 0.6) is 0 Å². The van der Waals surface area contributed by atoms with Crippen molar-refractivity contribution in [1.29, 1.82) is 0 Å². The molecule has 1 amide bonds. The van der Waals surface area contributed by atoms with Crippen LogP contribution in [0.25, 0.3) is 10.2 Å². The molecule has 0 bridgehead atoms. The molecule has 102 valence electrons. The summed E-state index contributed by atoms with van der Waals surface area (Å²) >= 11 is 11.0. The van der Waals surface area contributed by atoms with E-state index >= 15 is 0 Å². The fourth-order valence-corrected chi connectivity index (χ4v) is 3.68. The van der Waals surface area contributed by atoms with E-state index in [0.717, 1.165) is 28.6 Å². The number of benzene rings is 1. The molecule has 1 atom stereocenters. The smallest absolute Gasteiger partial charge is 0.239 e. The normalized spacial score (nSPS) is 12.6. The Labute approximate surface area is 129 Å². The van der Waals surface area contributed by atoms with Crippen LogP contribution in [0.15, 0.2) is 12.1 Å². The highest BCUT2D eigenvalue weighted by Gasteiger charge is 2.16. The number of aromatic nitrogens is 1. The van der Waals surface area contributed by atoms with Gasteiger partial charge in [0.15, 0.2) is 5.13 Å². The largest absolute Gasteiger partial charge is 0.301 e. The summed E-state index contributed by atoms with van der Waals surface area (Å²) in [6.07, 6.45) is 1.75. The lowest BCUT2D eigenvalue weighted by molar-refractivity contribution is -0.115. The first kappa shape index (κ1) is 14.8. The van der Waals surface area contributed by atoms with E-state index in [1.54, 1.807) is 0 Å². The molecule has 1 aromatic heterocycles. The highest BCUT2D eigenvalue weighted by molar-refractivity contribution is 9.10. The lowest BCUT2D eigenvalue weighted by atomic mass is 10.2. The predicted molar refractivity (Wildman–Crippen MR) is 85.6 cm³/mol. The van der Waals surface area contributed by atoms with Crippen molar-refractivity contribution in [2.75, 3.05) is 5.32 Å². The summed E-state index contributed by atoms with van der Waals surface area (Å²) in [5.74, 6) is -0.0613. The van der Waals surface area contributed by atoms with Crippen molar-refractivity contribution in [3.63, 3.8) is 0 Å². The highest BCUT2D eigenvalue weighted by atomic mass is 79.9. The molecular weight excluding hydrogens is 348 g/mol. The average Bonchev–Trinajstić information content (AvgIpc) is 2.72. The Hall–Kier alpha value is -0.650. The standard InChI is InChI=1S/C13H14BrClN2OS/c1-3-4-8(14)12(18)17-13-16-11-9(15)5-7(2)6-10(11)19-13/h5-6,8H,3-4H2,1-2H3,(H,16,17,18). The zero-order valence-electron chi connectivity index (χ0n) is 10.7. The first-order valence-electron chi connectivity index (χ1n) is 6.03. The monoisotopic (exact) mass is 360 g/mol. The van der Waals surface area contributed by atoms with Gasteiger partial charge in [0.2, 0.25) is 5.91 Å². The molecule has 2 aromatic rings. The minimum Gasteiger partial charge on any atom is -0.301 e. The van der Waals surface area contributed by atoms with Gasteiger partial charge in [0, 0.05) is 0 Å². The van der Waals surface area contributed by atoms with Crippen LogP contribution in [-0.2, 0) is 4.79 Å². The number of nitrogens with zero attached hydrogens (tertiary/aromatic N) is 1. The Morgan fingerprint density at radius 3 is 3.00 bits per heavy atom. The van der Waals surface area contributed by atoms with E-state index in [2.05, 4.69) is 26.2 Å². The summed E-state index contributed by atoms with van der Waals surface area (Å²) in [7, 11) is 0. The molecule has 1 N–H and O–H groups in total. The summed E-state index contributed by atoms with van der Waals surface area (Å²) in [6, 6.07) is 3.89. The van der Waals surface area contributed by atoms with Gasteiger partial charge in [0.25, 0.3) is 0 Å². The number of alkyl halides is 1. The minimum absolute atomic E-state index is 0.0613. The number of fused-ring (bicyclic) bond motifs is 1. The van der Waals surface area contributed by atoms with Crippen LogP contribution in [0.4, 0.5) is 5.13 Å². The van der Waals surface area contributed by atoms with Gasteiger partial charge < -0.3 is 5.32 Å². The summed E-state index contributed by atoms with van der Waals surface area (Å²) in [6.45, 7) is 4.03. The molecule has 1 heterocycles. The van der Waals surface area contributed by atoms with Crippen LogP contribution < -0.4 is 5.32 Å². The molecule has 0 aliphatic rings. The third-order valence-corrected chi connectivity index (χ3v) is 4.73. The van der Waals surface area contributed by atoms with Crippen molar-refractivity contribution in [3.05, 3.63) is 22.7 Å². The number of carbonyl (C=O) groups is 1. The van der Waals surface area contributed by atoms with Crippen molar-refractivity contribution in [3.8, 4) is 0 Å². The molecule has 0 saturated carbocycles. The number of thiazole rings is 1. The van der Waals surface area contributed by atoms with Crippen molar-refractivity contribution >= 4 is 60.1 Å². The van der Waals surface area contributed by atoms with Gasteiger partial charge in [-0.05, 0) is 31.0 Å². The third-order valence-electron chi connectivity index (χ3n) is 2.65. The zero-order chi connectivity index (χ0) is 14.0. The lowest BCUT2D eigenvalue weighted by Gasteiger charge is -2.06. The topological polar surface area (TPSA) is 42.0 Å². The Kier molecular flexibility index (Phi) is 4.81. The molecule has 0 aliphatic heterocycles. The van der Waals surface area contributed by atoms with E-state index in [1.165, 1.54) is 11.3 Å². The number of carbonyl (C=O) groups excluding carboxylic acids is 1. The number of hydrogen-bond donors (Lipinski definition) is 1. The number of hydrogen-bond acceptors (Lipinski definition) is 3. The Bertz CT molecular complexity index is 614. The van der Waals surface area contributed by atoms with E-state index in [-0.39, 0.29) is 10.7 Å². The number of nitrogens with one attached hydrogen (secondary N) is 1. The van der Waals surface area contributed by atoms with Crippen molar-refractivity contribution in [2.24, 2.45) is 0 Å². The van der Waals surface area contributed by atoms with Gasteiger partial charge in [0.05, 0.1) is 14.5 Å². The molecule has 2 rings (SSSR count). The molecule has 0 fully saturated rings. The molecule has 0 saturated heterocycles. The van der Waals surface area contributed by atoms with Gasteiger partial charge in [-0.25, -0.2) is 4.98 Å². The fraction of sp³-hybridized carbons (Fsp3) is 0.385. The van der Waals surface area contributed by atoms with Crippen LogP contribution in [-0.4, -0.2) is 15.7 Å². The van der Waals surface area contributed by atoms with Crippen molar-refractivity contribution < 1.29 is 4.79 Å². The zero-order valence-corrected chi connectivity index (χ0v) is 13.8. The average molecular weight is 362 g/mol. The second-order valence-electron chi connectivity index (χ2n) is 4.36. The number of anilines is 1. The third kappa shape index (κ3) is 3.46. The van der Waals surface area contributed by atoms with E-state index < -0.39 is 0 Å². The first-order chi connectivity index (χ1) is 9.01. The molecule has 3 nitrogen and oxygen atoms in total. The van der Waals surface area contributed by atoms with Gasteiger partial charge in [-0.15, -0.1) is 0 Å². The molecule has 6 heteroatoms. The first-order valence-corrected chi connectivity index (χ1v) is 8.14. The van der Waals surface area contributed by atoms with E-state index in [4.69, 9.17) is 11.6 Å². The second-order valence-corrected chi connectivity index (χ2v) is 6.90.